The first-order valence-electron chi connectivity index (χ1n) is 11.5. The van der Waals surface area contributed by atoms with Gasteiger partial charge >= 0.3 is 0 Å². The lowest BCUT2D eigenvalue weighted by atomic mass is 9.92. The second-order valence-corrected chi connectivity index (χ2v) is 9.66. The van der Waals surface area contributed by atoms with Gasteiger partial charge in [-0.05, 0) is 42.7 Å². The SMILES string of the molecule is CCCCC(=O)Nc1ccc(N(C)C)c(CN(C(=O)C(C)(C)C)C(C)c2ccccc2)c1. The molecule has 0 radical (unpaired) electrons. The molecule has 0 bridgehead atoms. The summed E-state index contributed by atoms with van der Waals surface area (Å²) in [6.07, 6.45) is 2.37. The third-order valence-corrected chi connectivity index (χ3v) is 5.60. The lowest BCUT2D eigenvalue weighted by molar-refractivity contribution is -0.142. The van der Waals surface area contributed by atoms with Crippen LogP contribution in [0.15, 0.2) is 48.5 Å². The number of benzene rings is 2. The van der Waals surface area contributed by atoms with Crippen LogP contribution in [-0.2, 0) is 16.1 Å². The number of unbranched alkanes of at least 4 members (excludes halogenated alkanes) is 1. The number of hydrogen-bond donors (Lipinski definition) is 1. The highest BCUT2D eigenvalue weighted by molar-refractivity contribution is 5.91. The minimum atomic E-state index is -0.507. The molecule has 0 saturated heterocycles. The van der Waals surface area contributed by atoms with Gasteiger partial charge in [0, 0.05) is 43.9 Å². The van der Waals surface area contributed by atoms with E-state index >= 15 is 0 Å². The summed E-state index contributed by atoms with van der Waals surface area (Å²) >= 11 is 0. The summed E-state index contributed by atoms with van der Waals surface area (Å²) in [6, 6.07) is 16.0. The average Bonchev–Trinajstić information content (AvgIpc) is 2.75. The quantitative estimate of drug-likeness (QED) is 0.522. The topological polar surface area (TPSA) is 52.7 Å². The lowest BCUT2D eigenvalue weighted by Gasteiger charge is -2.35. The van der Waals surface area contributed by atoms with Crippen molar-refractivity contribution in [3.05, 3.63) is 59.7 Å². The summed E-state index contributed by atoms with van der Waals surface area (Å²) in [5.41, 5.74) is 3.39. The normalized spacial score (nSPS) is 12.2. The number of rotatable bonds is 9. The van der Waals surface area contributed by atoms with Gasteiger partial charge in [-0.2, -0.15) is 0 Å². The summed E-state index contributed by atoms with van der Waals surface area (Å²) in [7, 11) is 3.99. The van der Waals surface area contributed by atoms with Crippen LogP contribution in [-0.4, -0.2) is 30.8 Å². The molecule has 0 spiro atoms. The molecule has 5 nitrogen and oxygen atoms in total. The highest BCUT2D eigenvalue weighted by Gasteiger charge is 2.31. The molecule has 1 N–H and O–H groups in total. The fourth-order valence-electron chi connectivity index (χ4n) is 3.70. The van der Waals surface area contributed by atoms with Crippen LogP contribution in [0.25, 0.3) is 0 Å². The molecule has 174 valence electrons. The van der Waals surface area contributed by atoms with Crippen molar-refractivity contribution in [2.45, 2.75) is 66.5 Å². The highest BCUT2D eigenvalue weighted by atomic mass is 16.2. The number of nitrogens with zero attached hydrogens (tertiary/aromatic N) is 2. The minimum Gasteiger partial charge on any atom is -0.377 e. The van der Waals surface area contributed by atoms with Crippen molar-refractivity contribution >= 4 is 23.2 Å². The molecular formula is C27H39N3O2. The smallest absolute Gasteiger partial charge is 0.228 e. The summed E-state index contributed by atoms with van der Waals surface area (Å²) in [5.74, 6) is 0.117. The zero-order valence-electron chi connectivity index (χ0n) is 20.7. The van der Waals surface area contributed by atoms with Crippen LogP contribution in [0.2, 0.25) is 0 Å². The number of nitrogens with one attached hydrogen (secondary N) is 1. The van der Waals surface area contributed by atoms with Crippen LogP contribution in [0.5, 0.6) is 0 Å². The third kappa shape index (κ3) is 6.84. The molecule has 0 fully saturated rings. The van der Waals surface area contributed by atoms with Crippen molar-refractivity contribution in [1.82, 2.24) is 4.90 Å². The van der Waals surface area contributed by atoms with Gasteiger partial charge in [-0.3, -0.25) is 9.59 Å². The van der Waals surface area contributed by atoms with Gasteiger partial charge in [-0.25, -0.2) is 0 Å². The minimum absolute atomic E-state index is 0.0238. The van der Waals surface area contributed by atoms with Crippen molar-refractivity contribution in [3.8, 4) is 0 Å². The molecule has 0 aliphatic heterocycles. The Morgan fingerprint density at radius 1 is 1.03 bits per heavy atom. The monoisotopic (exact) mass is 437 g/mol. The van der Waals surface area contributed by atoms with E-state index in [1.54, 1.807) is 0 Å². The van der Waals surface area contributed by atoms with Gasteiger partial charge in [-0.1, -0.05) is 64.4 Å². The summed E-state index contributed by atoms with van der Waals surface area (Å²) in [5, 5.41) is 3.02. The highest BCUT2D eigenvalue weighted by Crippen LogP contribution is 2.32. The molecule has 0 aromatic heterocycles. The number of anilines is 2. The van der Waals surface area contributed by atoms with Gasteiger partial charge in [0.05, 0.1) is 6.04 Å². The van der Waals surface area contributed by atoms with E-state index in [0.29, 0.717) is 13.0 Å². The predicted octanol–water partition coefficient (Wildman–Crippen LogP) is 6.02. The van der Waals surface area contributed by atoms with E-state index in [-0.39, 0.29) is 17.9 Å². The molecule has 32 heavy (non-hydrogen) atoms. The lowest BCUT2D eigenvalue weighted by Crippen LogP contribution is -2.40. The molecule has 1 atom stereocenters. The Labute approximate surface area is 193 Å². The molecule has 0 heterocycles. The van der Waals surface area contributed by atoms with Gasteiger partial charge < -0.3 is 15.1 Å². The average molecular weight is 438 g/mol. The van der Waals surface area contributed by atoms with Crippen molar-refractivity contribution in [1.29, 1.82) is 0 Å². The van der Waals surface area contributed by atoms with E-state index < -0.39 is 5.41 Å². The Morgan fingerprint density at radius 2 is 1.69 bits per heavy atom. The first kappa shape index (κ1) is 25.4. The molecule has 0 saturated carbocycles. The van der Waals surface area contributed by atoms with Crippen LogP contribution < -0.4 is 10.2 Å². The van der Waals surface area contributed by atoms with E-state index in [1.807, 2.05) is 81.1 Å². The largest absolute Gasteiger partial charge is 0.377 e. The van der Waals surface area contributed by atoms with Gasteiger partial charge in [0.2, 0.25) is 11.8 Å². The summed E-state index contributed by atoms with van der Waals surface area (Å²) in [6.45, 7) is 10.5. The van der Waals surface area contributed by atoms with Crippen LogP contribution in [0.4, 0.5) is 11.4 Å². The van der Waals surface area contributed by atoms with Gasteiger partial charge in [0.1, 0.15) is 0 Å². The molecule has 2 aromatic rings. The van der Waals surface area contributed by atoms with Gasteiger partial charge in [0.15, 0.2) is 0 Å². The Hall–Kier alpha value is -2.82. The zero-order chi connectivity index (χ0) is 23.9. The Morgan fingerprint density at radius 3 is 2.25 bits per heavy atom. The maximum absolute atomic E-state index is 13.5. The van der Waals surface area contributed by atoms with E-state index in [0.717, 1.165) is 35.3 Å². The Bertz CT molecular complexity index is 901. The van der Waals surface area contributed by atoms with Crippen molar-refractivity contribution in [2.24, 2.45) is 5.41 Å². The van der Waals surface area contributed by atoms with Gasteiger partial charge in [0.25, 0.3) is 0 Å². The second-order valence-electron chi connectivity index (χ2n) is 9.66. The standard InChI is InChI=1S/C27H39N3O2/c1-8-9-15-25(31)28-23-16-17-24(29(6)7)22(18-23)19-30(26(32)27(3,4)5)20(2)21-13-11-10-12-14-21/h10-14,16-18,20H,8-9,15,19H2,1-7H3,(H,28,31). The Balaban J connectivity index is 2.42. The first-order valence-corrected chi connectivity index (χ1v) is 11.5. The van der Waals surface area contributed by atoms with E-state index in [9.17, 15) is 9.59 Å². The van der Waals surface area contributed by atoms with E-state index in [4.69, 9.17) is 0 Å². The van der Waals surface area contributed by atoms with Crippen LogP contribution >= 0.6 is 0 Å². The predicted molar refractivity (Wildman–Crippen MR) is 134 cm³/mol. The fraction of sp³-hybridized carbons (Fsp3) is 0.481. The summed E-state index contributed by atoms with van der Waals surface area (Å²) in [4.78, 5) is 29.8. The molecule has 2 aromatic carbocycles. The maximum Gasteiger partial charge on any atom is 0.228 e. The van der Waals surface area contributed by atoms with Crippen molar-refractivity contribution in [3.63, 3.8) is 0 Å². The molecular weight excluding hydrogens is 398 g/mol. The third-order valence-electron chi connectivity index (χ3n) is 5.60. The maximum atomic E-state index is 13.5. The Kier molecular flexibility index (Phi) is 8.88. The summed E-state index contributed by atoms with van der Waals surface area (Å²) < 4.78 is 0. The van der Waals surface area contributed by atoms with Crippen molar-refractivity contribution in [2.75, 3.05) is 24.3 Å². The number of hydrogen-bond acceptors (Lipinski definition) is 3. The van der Waals surface area contributed by atoms with Crippen LogP contribution in [0, 0.1) is 5.41 Å². The molecule has 5 heteroatoms. The fourth-order valence-corrected chi connectivity index (χ4v) is 3.70. The molecule has 2 amide bonds. The number of amides is 2. The molecule has 2 rings (SSSR count). The molecule has 0 aliphatic carbocycles. The van der Waals surface area contributed by atoms with Gasteiger partial charge in [-0.15, -0.1) is 0 Å². The van der Waals surface area contributed by atoms with Crippen molar-refractivity contribution < 1.29 is 9.59 Å². The van der Waals surface area contributed by atoms with E-state index in [1.165, 1.54) is 0 Å². The van der Waals surface area contributed by atoms with Crippen LogP contribution in [0.3, 0.4) is 0 Å². The van der Waals surface area contributed by atoms with E-state index in [2.05, 4.69) is 31.3 Å². The van der Waals surface area contributed by atoms with Crippen LogP contribution in [0.1, 0.15) is 71.0 Å². The molecule has 1 unspecified atom stereocenters. The number of carbonyl (C=O) groups excluding carboxylic acids is 2. The number of carbonyl (C=O) groups is 2. The first-order chi connectivity index (χ1) is 15.0. The second kappa shape index (κ2) is 11.2. The zero-order valence-corrected chi connectivity index (χ0v) is 20.7. The molecule has 0 aliphatic rings.